The van der Waals surface area contributed by atoms with E-state index in [2.05, 4.69) is 260 Å². The molecule has 0 N–H and O–H groups in total. The Balaban J connectivity index is 1.15. The van der Waals surface area contributed by atoms with Crippen molar-refractivity contribution in [2.24, 2.45) is 0 Å². The van der Waals surface area contributed by atoms with E-state index in [0.717, 1.165) is 55.7 Å². The molecule has 13 rings (SSSR count). The van der Waals surface area contributed by atoms with Gasteiger partial charge in [0.15, 0.2) is 0 Å². The zero-order chi connectivity index (χ0) is 44.3. The van der Waals surface area contributed by atoms with Crippen LogP contribution in [0.25, 0.3) is 77.2 Å². The molecule has 0 unspecified atom stereocenters. The second kappa shape index (κ2) is 15.8. The molecule has 0 saturated carbocycles. The van der Waals surface area contributed by atoms with Gasteiger partial charge in [-0.25, -0.2) is 0 Å². The Hall–Kier alpha value is -8.72. The van der Waals surface area contributed by atoms with Gasteiger partial charge < -0.3 is 9.32 Å². The fraction of sp³-hybridized carbons (Fsp3) is 0.0154. The van der Waals surface area contributed by atoms with Gasteiger partial charge in [0.2, 0.25) is 0 Å². The van der Waals surface area contributed by atoms with E-state index < -0.39 is 5.41 Å². The van der Waals surface area contributed by atoms with Crippen molar-refractivity contribution in [2.45, 2.75) is 5.41 Å². The molecule has 0 amide bonds. The second-order valence-electron chi connectivity index (χ2n) is 17.5. The lowest BCUT2D eigenvalue weighted by molar-refractivity contribution is 0.670. The number of furan rings is 1. The highest BCUT2D eigenvalue weighted by Gasteiger charge is 2.49. The van der Waals surface area contributed by atoms with E-state index in [1.165, 1.54) is 60.8 Å². The van der Waals surface area contributed by atoms with Crippen LogP contribution in [0.1, 0.15) is 22.3 Å². The third-order valence-corrected chi connectivity index (χ3v) is 13.9. The zero-order valence-electron chi connectivity index (χ0n) is 36.7. The van der Waals surface area contributed by atoms with Gasteiger partial charge in [-0.05, 0) is 91.2 Å². The molecule has 1 heterocycles. The minimum Gasteiger partial charge on any atom is -0.455 e. The van der Waals surface area contributed by atoms with Crippen molar-refractivity contribution in [3.05, 3.63) is 283 Å². The third kappa shape index (κ3) is 6.04. The van der Waals surface area contributed by atoms with Crippen molar-refractivity contribution in [1.82, 2.24) is 0 Å². The van der Waals surface area contributed by atoms with Crippen molar-refractivity contribution in [3.8, 4) is 44.5 Å². The van der Waals surface area contributed by atoms with Gasteiger partial charge in [0.05, 0.1) is 11.1 Å². The number of benzene rings is 11. The molecular weight excluding hydrogens is 811 g/mol. The Morgan fingerprint density at radius 1 is 0.313 bits per heavy atom. The maximum Gasteiger partial charge on any atom is 0.143 e. The minimum atomic E-state index is -0.629. The van der Waals surface area contributed by atoms with E-state index >= 15 is 0 Å². The van der Waals surface area contributed by atoms with Crippen molar-refractivity contribution >= 4 is 49.8 Å². The van der Waals surface area contributed by atoms with E-state index in [-0.39, 0.29) is 0 Å². The van der Waals surface area contributed by atoms with E-state index in [0.29, 0.717) is 0 Å². The molecule has 0 fully saturated rings. The minimum absolute atomic E-state index is 0.629. The first kappa shape index (κ1) is 38.7. The average molecular weight is 854 g/mol. The van der Waals surface area contributed by atoms with Crippen LogP contribution in [-0.4, -0.2) is 0 Å². The highest BCUT2D eigenvalue weighted by molar-refractivity contribution is 6.17. The van der Waals surface area contributed by atoms with E-state index in [4.69, 9.17) is 4.42 Å². The van der Waals surface area contributed by atoms with Gasteiger partial charge in [0.25, 0.3) is 0 Å². The first-order valence-corrected chi connectivity index (χ1v) is 23.1. The number of rotatable bonds is 8. The first-order chi connectivity index (χ1) is 33.3. The summed E-state index contributed by atoms with van der Waals surface area (Å²) in [6, 6.07) is 95.2. The van der Waals surface area contributed by atoms with Crippen LogP contribution in [0, 0.1) is 0 Å². The van der Waals surface area contributed by atoms with Gasteiger partial charge in [-0.15, -0.1) is 0 Å². The molecular formula is C65H43NO. The molecule has 0 atom stereocenters. The lowest BCUT2D eigenvalue weighted by atomic mass is 9.66. The average Bonchev–Trinajstić information content (AvgIpc) is 3.95. The predicted octanol–water partition coefficient (Wildman–Crippen LogP) is 17.6. The van der Waals surface area contributed by atoms with Gasteiger partial charge in [0, 0.05) is 38.8 Å². The molecule has 2 heteroatoms. The molecule has 1 aromatic heterocycles. The predicted molar refractivity (Wildman–Crippen MR) is 280 cm³/mol. The van der Waals surface area contributed by atoms with Crippen LogP contribution in [0.4, 0.5) is 17.1 Å². The smallest absolute Gasteiger partial charge is 0.143 e. The normalized spacial score (nSPS) is 12.6. The molecule has 0 bridgehead atoms. The summed E-state index contributed by atoms with van der Waals surface area (Å²) >= 11 is 0. The van der Waals surface area contributed by atoms with Gasteiger partial charge in [-0.2, -0.15) is 0 Å². The number of anilines is 3. The summed E-state index contributed by atoms with van der Waals surface area (Å²) in [7, 11) is 0. The van der Waals surface area contributed by atoms with E-state index in [9.17, 15) is 0 Å². The molecule has 0 aliphatic heterocycles. The number of nitrogens with zero attached hydrogens (tertiary/aromatic N) is 1. The fourth-order valence-corrected chi connectivity index (χ4v) is 11.1. The number of para-hydroxylation sites is 2. The lowest BCUT2D eigenvalue weighted by Gasteiger charge is -2.36. The molecule has 0 radical (unpaired) electrons. The van der Waals surface area contributed by atoms with Crippen LogP contribution in [0.15, 0.2) is 265 Å². The lowest BCUT2D eigenvalue weighted by Crippen LogP contribution is -2.29. The van der Waals surface area contributed by atoms with Crippen LogP contribution >= 0.6 is 0 Å². The van der Waals surface area contributed by atoms with Gasteiger partial charge >= 0.3 is 0 Å². The Morgan fingerprint density at radius 2 is 0.791 bits per heavy atom. The van der Waals surface area contributed by atoms with Crippen LogP contribution in [-0.2, 0) is 5.41 Å². The standard InChI is InChI=1S/C65H43NO/c1-5-20-44(21-6-1)45-36-40-50(41-37-45)66(51-42-38-46(39-43-51)52-32-19-33-56-53-28-16-18-35-59(53)67-64(52)56)63-60(47-22-7-2-8-23-47)54-29-13-14-30-55(54)62-61(63)57-31-15-17-34-58(57)65(62,48-24-9-3-10-25-48)49-26-11-4-12-27-49/h1-43H. The Labute approximate surface area is 390 Å². The second-order valence-corrected chi connectivity index (χ2v) is 17.5. The number of hydrogen-bond donors (Lipinski definition) is 0. The van der Waals surface area contributed by atoms with Gasteiger partial charge in [-0.3, -0.25) is 0 Å². The monoisotopic (exact) mass is 853 g/mol. The maximum absolute atomic E-state index is 6.57. The molecule has 1 aliphatic rings. The molecule has 0 saturated heterocycles. The quantitative estimate of drug-likeness (QED) is 0.151. The Kier molecular flexibility index (Phi) is 9.11. The van der Waals surface area contributed by atoms with E-state index in [1.54, 1.807) is 0 Å². The summed E-state index contributed by atoms with van der Waals surface area (Å²) in [6.45, 7) is 0. The topological polar surface area (TPSA) is 16.4 Å². The summed E-state index contributed by atoms with van der Waals surface area (Å²) in [6.07, 6.45) is 0. The molecule has 0 spiro atoms. The Morgan fingerprint density at radius 3 is 1.45 bits per heavy atom. The van der Waals surface area contributed by atoms with Crippen molar-refractivity contribution in [2.75, 3.05) is 4.90 Å². The maximum atomic E-state index is 6.57. The highest BCUT2D eigenvalue weighted by atomic mass is 16.3. The molecule has 2 nitrogen and oxygen atoms in total. The SMILES string of the molecule is c1ccc(-c2ccc(N(c3ccc(-c4cccc5c4oc4ccccc45)cc3)c3c4c(c5ccccc5c3-c3ccccc3)C(c3ccccc3)(c3ccccc3)c3ccccc3-4)cc2)cc1. The third-order valence-electron chi connectivity index (χ3n) is 13.9. The van der Waals surface area contributed by atoms with Crippen molar-refractivity contribution in [3.63, 3.8) is 0 Å². The summed E-state index contributed by atoms with van der Waals surface area (Å²) in [5, 5.41) is 4.68. The van der Waals surface area contributed by atoms with Crippen molar-refractivity contribution in [1.29, 1.82) is 0 Å². The van der Waals surface area contributed by atoms with Crippen LogP contribution in [0.5, 0.6) is 0 Å². The van der Waals surface area contributed by atoms with Crippen LogP contribution < -0.4 is 4.90 Å². The summed E-state index contributed by atoms with van der Waals surface area (Å²) in [5.74, 6) is 0. The number of fused-ring (bicyclic) bond motifs is 8. The van der Waals surface area contributed by atoms with Gasteiger partial charge in [-0.1, -0.05) is 231 Å². The van der Waals surface area contributed by atoms with Crippen molar-refractivity contribution < 1.29 is 4.42 Å². The molecule has 12 aromatic rings. The highest BCUT2D eigenvalue weighted by Crippen LogP contribution is 2.64. The van der Waals surface area contributed by atoms with Gasteiger partial charge in [0.1, 0.15) is 11.2 Å². The summed E-state index contributed by atoms with van der Waals surface area (Å²) in [5.41, 5.74) is 18.8. The summed E-state index contributed by atoms with van der Waals surface area (Å²) in [4.78, 5) is 2.52. The molecule has 67 heavy (non-hydrogen) atoms. The molecule has 314 valence electrons. The first-order valence-electron chi connectivity index (χ1n) is 23.1. The largest absolute Gasteiger partial charge is 0.455 e. The Bertz CT molecular complexity index is 3720. The molecule has 11 aromatic carbocycles. The van der Waals surface area contributed by atoms with Crippen LogP contribution in [0.3, 0.4) is 0 Å². The zero-order valence-corrected chi connectivity index (χ0v) is 36.7. The van der Waals surface area contributed by atoms with E-state index in [1.807, 2.05) is 6.07 Å². The molecule has 1 aliphatic carbocycles. The summed E-state index contributed by atoms with van der Waals surface area (Å²) < 4.78 is 6.57. The fourth-order valence-electron chi connectivity index (χ4n) is 11.1. The van der Waals surface area contributed by atoms with Crippen LogP contribution in [0.2, 0.25) is 0 Å². The number of hydrogen-bond acceptors (Lipinski definition) is 2.